The quantitative estimate of drug-likeness (QED) is 0.848. The minimum atomic E-state index is 0.429. The standard InChI is InChI=1S/C19H32N2/c1-15-10-11-16(2)18(12-15)19(20-3)14-21(4)13-17-8-6-5-7-9-17/h10-12,17,19-20H,5-9,13-14H2,1-4H3. The molecule has 1 N–H and O–H groups in total. The highest BCUT2D eigenvalue weighted by Gasteiger charge is 2.19. The largest absolute Gasteiger partial charge is 0.312 e. The Balaban J connectivity index is 1.96. The second-order valence-electron chi connectivity index (χ2n) is 6.93. The zero-order valence-corrected chi connectivity index (χ0v) is 14.3. The van der Waals surface area contributed by atoms with Crippen molar-refractivity contribution in [2.24, 2.45) is 5.92 Å². The van der Waals surface area contributed by atoms with E-state index in [0.717, 1.165) is 12.5 Å². The van der Waals surface area contributed by atoms with Gasteiger partial charge >= 0.3 is 0 Å². The van der Waals surface area contributed by atoms with Gasteiger partial charge in [0, 0.05) is 19.1 Å². The fourth-order valence-corrected chi connectivity index (χ4v) is 3.68. The topological polar surface area (TPSA) is 15.3 Å². The van der Waals surface area contributed by atoms with Crippen molar-refractivity contribution in [1.29, 1.82) is 0 Å². The fourth-order valence-electron chi connectivity index (χ4n) is 3.68. The van der Waals surface area contributed by atoms with E-state index in [0.29, 0.717) is 6.04 Å². The van der Waals surface area contributed by atoms with Crippen LogP contribution in [0, 0.1) is 19.8 Å². The summed E-state index contributed by atoms with van der Waals surface area (Å²) < 4.78 is 0. The Morgan fingerprint density at radius 1 is 1.19 bits per heavy atom. The van der Waals surface area contributed by atoms with E-state index in [1.54, 1.807) is 0 Å². The smallest absolute Gasteiger partial charge is 0.0449 e. The number of aryl methyl sites for hydroxylation is 2. The zero-order valence-electron chi connectivity index (χ0n) is 14.3. The molecule has 1 aromatic rings. The van der Waals surface area contributed by atoms with Crippen LogP contribution in [0.25, 0.3) is 0 Å². The van der Waals surface area contributed by atoms with E-state index >= 15 is 0 Å². The Labute approximate surface area is 130 Å². The molecule has 1 saturated carbocycles. The van der Waals surface area contributed by atoms with Crippen molar-refractivity contribution in [3.8, 4) is 0 Å². The number of nitrogens with zero attached hydrogens (tertiary/aromatic N) is 1. The van der Waals surface area contributed by atoms with Gasteiger partial charge in [0.15, 0.2) is 0 Å². The molecular weight excluding hydrogens is 256 g/mol. The van der Waals surface area contributed by atoms with Crippen LogP contribution in [-0.4, -0.2) is 32.1 Å². The third-order valence-electron chi connectivity index (χ3n) is 4.95. The maximum atomic E-state index is 3.51. The lowest BCUT2D eigenvalue weighted by molar-refractivity contribution is 0.218. The zero-order chi connectivity index (χ0) is 15.2. The van der Waals surface area contributed by atoms with Gasteiger partial charge in [0.1, 0.15) is 0 Å². The Hall–Kier alpha value is -0.860. The first-order valence-electron chi connectivity index (χ1n) is 8.53. The van der Waals surface area contributed by atoms with Crippen LogP contribution in [0.15, 0.2) is 18.2 Å². The molecule has 1 fully saturated rings. The molecule has 2 rings (SSSR count). The van der Waals surface area contributed by atoms with Gasteiger partial charge in [-0.3, -0.25) is 0 Å². The monoisotopic (exact) mass is 288 g/mol. The molecule has 0 radical (unpaired) electrons. The van der Waals surface area contributed by atoms with Crippen LogP contribution in [0.5, 0.6) is 0 Å². The summed E-state index contributed by atoms with van der Waals surface area (Å²) in [4.78, 5) is 2.53. The number of likely N-dealkylation sites (N-methyl/N-ethyl adjacent to an activating group) is 2. The molecule has 0 amide bonds. The van der Waals surface area contributed by atoms with Gasteiger partial charge in [-0.15, -0.1) is 0 Å². The summed E-state index contributed by atoms with van der Waals surface area (Å²) in [5.41, 5.74) is 4.20. The summed E-state index contributed by atoms with van der Waals surface area (Å²) in [6.07, 6.45) is 7.17. The molecule has 118 valence electrons. The van der Waals surface area contributed by atoms with Crippen LogP contribution in [0.2, 0.25) is 0 Å². The highest BCUT2D eigenvalue weighted by molar-refractivity contribution is 5.33. The highest BCUT2D eigenvalue weighted by atomic mass is 15.1. The van der Waals surface area contributed by atoms with Crippen LogP contribution in [0.1, 0.15) is 54.8 Å². The Morgan fingerprint density at radius 2 is 1.90 bits per heavy atom. The van der Waals surface area contributed by atoms with E-state index in [2.05, 4.69) is 56.4 Å². The molecule has 21 heavy (non-hydrogen) atoms. The number of hydrogen-bond donors (Lipinski definition) is 1. The van der Waals surface area contributed by atoms with Gasteiger partial charge in [-0.25, -0.2) is 0 Å². The molecule has 1 aromatic carbocycles. The van der Waals surface area contributed by atoms with E-state index in [9.17, 15) is 0 Å². The lowest BCUT2D eigenvalue weighted by Gasteiger charge is -2.30. The number of rotatable bonds is 6. The predicted molar refractivity (Wildman–Crippen MR) is 91.8 cm³/mol. The van der Waals surface area contributed by atoms with Gasteiger partial charge in [0.05, 0.1) is 0 Å². The SMILES string of the molecule is CNC(CN(C)CC1CCCCC1)c1cc(C)ccc1C. The van der Waals surface area contributed by atoms with Crippen molar-refractivity contribution in [1.82, 2.24) is 10.2 Å². The molecule has 0 heterocycles. The van der Waals surface area contributed by atoms with Gasteiger partial charge < -0.3 is 10.2 Å². The van der Waals surface area contributed by atoms with Gasteiger partial charge in [-0.1, -0.05) is 43.0 Å². The Morgan fingerprint density at radius 3 is 2.57 bits per heavy atom. The number of nitrogens with one attached hydrogen (secondary N) is 1. The van der Waals surface area contributed by atoms with E-state index in [1.165, 1.54) is 55.3 Å². The average Bonchev–Trinajstić information content (AvgIpc) is 2.48. The first-order chi connectivity index (χ1) is 10.1. The average molecular weight is 288 g/mol. The molecule has 0 aliphatic heterocycles. The predicted octanol–water partition coefficient (Wildman–Crippen LogP) is 4.08. The van der Waals surface area contributed by atoms with Crippen molar-refractivity contribution < 1.29 is 0 Å². The molecule has 2 heteroatoms. The summed E-state index contributed by atoms with van der Waals surface area (Å²) in [6, 6.07) is 7.22. The summed E-state index contributed by atoms with van der Waals surface area (Å²) in [6.45, 7) is 6.75. The molecule has 1 atom stereocenters. The third-order valence-corrected chi connectivity index (χ3v) is 4.95. The van der Waals surface area contributed by atoms with Crippen molar-refractivity contribution in [2.45, 2.75) is 52.0 Å². The maximum Gasteiger partial charge on any atom is 0.0449 e. The molecular formula is C19H32N2. The summed E-state index contributed by atoms with van der Waals surface area (Å²) >= 11 is 0. The maximum absolute atomic E-state index is 3.51. The highest BCUT2D eigenvalue weighted by Crippen LogP contribution is 2.25. The third kappa shape index (κ3) is 4.82. The minimum Gasteiger partial charge on any atom is -0.312 e. The van der Waals surface area contributed by atoms with Crippen LogP contribution in [-0.2, 0) is 0 Å². The Bertz CT molecular complexity index is 435. The van der Waals surface area contributed by atoms with Crippen molar-refractivity contribution >= 4 is 0 Å². The number of hydrogen-bond acceptors (Lipinski definition) is 2. The normalized spacial score (nSPS) is 18.1. The molecule has 0 spiro atoms. The molecule has 1 unspecified atom stereocenters. The van der Waals surface area contributed by atoms with Gasteiger partial charge in [0.2, 0.25) is 0 Å². The molecule has 1 aliphatic rings. The van der Waals surface area contributed by atoms with Gasteiger partial charge in [0.25, 0.3) is 0 Å². The molecule has 2 nitrogen and oxygen atoms in total. The van der Waals surface area contributed by atoms with Crippen LogP contribution >= 0.6 is 0 Å². The molecule has 0 bridgehead atoms. The fraction of sp³-hybridized carbons (Fsp3) is 0.684. The molecule has 0 aromatic heterocycles. The minimum absolute atomic E-state index is 0.429. The summed E-state index contributed by atoms with van der Waals surface area (Å²) in [5, 5.41) is 3.51. The van der Waals surface area contributed by atoms with E-state index in [1.807, 2.05) is 0 Å². The van der Waals surface area contributed by atoms with Crippen molar-refractivity contribution in [3.63, 3.8) is 0 Å². The molecule has 0 saturated heterocycles. The Kier molecular flexibility index (Phi) is 6.25. The van der Waals surface area contributed by atoms with Crippen LogP contribution in [0.3, 0.4) is 0 Å². The van der Waals surface area contributed by atoms with Crippen LogP contribution < -0.4 is 5.32 Å². The number of benzene rings is 1. The second-order valence-corrected chi connectivity index (χ2v) is 6.93. The lowest BCUT2D eigenvalue weighted by Crippen LogP contribution is -2.35. The first kappa shape index (κ1) is 16.5. The van der Waals surface area contributed by atoms with E-state index in [-0.39, 0.29) is 0 Å². The lowest BCUT2D eigenvalue weighted by atomic mass is 9.89. The van der Waals surface area contributed by atoms with Crippen molar-refractivity contribution in [3.05, 3.63) is 34.9 Å². The van der Waals surface area contributed by atoms with E-state index in [4.69, 9.17) is 0 Å². The van der Waals surface area contributed by atoms with Gasteiger partial charge in [-0.05, 0) is 57.8 Å². The van der Waals surface area contributed by atoms with Crippen molar-refractivity contribution in [2.75, 3.05) is 27.2 Å². The summed E-state index contributed by atoms with van der Waals surface area (Å²) in [7, 11) is 4.37. The van der Waals surface area contributed by atoms with E-state index < -0.39 is 0 Å². The van der Waals surface area contributed by atoms with Crippen LogP contribution in [0.4, 0.5) is 0 Å². The summed E-state index contributed by atoms with van der Waals surface area (Å²) in [5.74, 6) is 0.917. The molecule has 1 aliphatic carbocycles. The second kappa shape index (κ2) is 7.95. The first-order valence-corrected chi connectivity index (χ1v) is 8.53. The van der Waals surface area contributed by atoms with Gasteiger partial charge in [-0.2, -0.15) is 0 Å².